The molecule has 0 atom stereocenters. The van der Waals surface area contributed by atoms with Crippen LogP contribution in [0.5, 0.6) is 11.5 Å². The minimum atomic E-state index is -0.375. The minimum absolute atomic E-state index is 0.221. The third-order valence-electron chi connectivity index (χ3n) is 2.82. The van der Waals surface area contributed by atoms with Crippen LogP contribution in [0.15, 0.2) is 42.5 Å². The van der Waals surface area contributed by atoms with Crippen molar-refractivity contribution in [3.05, 3.63) is 53.1 Å². The highest BCUT2D eigenvalue weighted by Crippen LogP contribution is 2.26. The van der Waals surface area contributed by atoms with Gasteiger partial charge in [-0.15, -0.1) is 0 Å². The van der Waals surface area contributed by atoms with Gasteiger partial charge in [0.05, 0.1) is 23.4 Å². The molecule has 0 heterocycles. The van der Waals surface area contributed by atoms with Crippen LogP contribution in [0.4, 0.5) is 5.69 Å². The number of rotatable bonds is 5. The van der Waals surface area contributed by atoms with Crippen LogP contribution in [-0.4, -0.2) is 19.6 Å². The number of amides is 1. The number of nitriles is 1. The number of benzene rings is 2. The van der Waals surface area contributed by atoms with Gasteiger partial charge in [-0.05, 0) is 24.3 Å². The molecule has 0 radical (unpaired) electrons. The molecular weight excluding hydrogens is 304 g/mol. The zero-order chi connectivity index (χ0) is 15.9. The number of hydrogen-bond donors (Lipinski definition) is 1. The maximum Gasteiger partial charge on any atom is 0.262 e. The van der Waals surface area contributed by atoms with Crippen molar-refractivity contribution in [2.24, 2.45) is 0 Å². The fourth-order valence-electron chi connectivity index (χ4n) is 1.74. The summed E-state index contributed by atoms with van der Waals surface area (Å²) >= 11 is 6.04. The first-order valence-corrected chi connectivity index (χ1v) is 6.77. The van der Waals surface area contributed by atoms with Crippen molar-refractivity contribution in [3.63, 3.8) is 0 Å². The monoisotopic (exact) mass is 316 g/mol. The van der Waals surface area contributed by atoms with Crippen molar-refractivity contribution in [1.82, 2.24) is 0 Å². The second kappa shape index (κ2) is 7.34. The summed E-state index contributed by atoms with van der Waals surface area (Å²) in [5.41, 5.74) is 0.836. The van der Waals surface area contributed by atoms with E-state index < -0.39 is 0 Å². The summed E-state index contributed by atoms with van der Waals surface area (Å²) in [6.07, 6.45) is 0. The highest BCUT2D eigenvalue weighted by molar-refractivity contribution is 6.33. The number of halogens is 1. The van der Waals surface area contributed by atoms with Gasteiger partial charge in [-0.25, -0.2) is 0 Å². The lowest BCUT2D eigenvalue weighted by molar-refractivity contribution is -0.118. The Kier molecular flexibility index (Phi) is 5.23. The molecule has 0 aromatic heterocycles. The summed E-state index contributed by atoms with van der Waals surface area (Å²) in [6, 6.07) is 13.6. The summed E-state index contributed by atoms with van der Waals surface area (Å²) < 4.78 is 10.4. The Morgan fingerprint density at radius 3 is 2.77 bits per heavy atom. The molecule has 112 valence electrons. The Morgan fingerprint density at radius 1 is 1.32 bits per heavy atom. The lowest BCUT2D eigenvalue weighted by Crippen LogP contribution is -2.20. The van der Waals surface area contributed by atoms with Crippen LogP contribution in [0, 0.1) is 11.3 Å². The summed E-state index contributed by atoms with van der Waals surface area (Å²) in [5, 5.41) is 11.9. The summed E-state index contributed by atoms with van der Waals surface area (Å²) in [6.45, 7) is -0.221. The van der Waals surface area contributed by atoms with Gasteiger partial charge in [0.25, 0.3) is 5.91 Å². The Morgan fingerprint density at radius 2 is 2.09 bits per heavy atom. The van der Waals surface area contributed by atoms with Crippen LogP contribution >= 0.6 is 11.6 Å². The topological polar surface area (TPSA) is 71.3 Å². The molecule has 1 N–H and O–H groups in total. The van der Waals surface area contributed by atoms with E-state index in [4.69, 9.17) is 26.3 Å². The van der Waals surface area contributed by atoms with Crippen LogP contribution in [0.1, 0.15) is 5.56 Å². The fraction of sp³-hybridized carbons (Fsp3) is 0.125. The van der Waals surface area contributed by atoms with Gasteiger partial charge in [-0.1, -0.05) is 23.7 Å². The van der Waals surface area contributed by atoms with E-state index in [1.54, 1.807) is 42.5 Å². The number of para-hydroxylation sites is 1. The van der Waals surface area contributed by atoms with Crippen LogP contribution in [0.25, 0.3) is 0 Å². The van der Waals surface area contributed by atoms with Gasteiger partial charge in [0, 0.05) is 6.07 Å². The van der Waals surface area contributed by atoms with Gasteiger partial charge in [-0.3, -0.25) is 4.79 Å². The van der Waals surface area contributed by atoms with Crippen molar-refractivity contribution in [2.75, 3.05) is 19.0 Å². The molecule has 0 saturated heterocycles. The predicted octanol–water partition coefficient (Wildman–Crippen LogP) is 3.24. The standard InChI is InChI=1S/C16H13ClN2O3/c1-21-12-6-7-14(13(17)8-12)19-16(20)10-22-15-5-3-2-4-11(15)9-18/h2-8H,10H2,1H3,(H,19,20). The van der Waals surface area contributed by atoms with Crippen molar-refractivity contribution in [2.45, 2.75) is 0 Å². The number of nitrogens with one attached hydrogen (secondary N) is 1. The summed E-state index contributed by atoms with van der Waals surface area (Å²) in [7, 11) is 1.53. The van der Waals surface area contributed by atoms with E-state index in [1.807, 2.05) is 6.07 Å². The van der Waals surface area contributed by atoms with Crippen LogP contribution in [0.3, 0.4) is 0 Å². The molecule has 0 unspecified atom stereocenters. The lowest BCUT2D eigenvalue weighted by atomic mass is 10.2. The quantitative estimate of drug-likeness (QED) is 0.919. The number of carbonyl (C=O) groups is 1. The molecule has 2 aromatic rings. The number of ether oxygens (including phenoxy) is 2. The van der Waals surface area contributed by atoms with Crippen molar-refractivity contribution in [3.8, 4) is 17.6 Å². The molecule has 0 aliphatic carbocycles. The van der Waals surface area contributed by atoms with Gasteiger partial charge in [0.15, 0.2) is 6.61 Å². The van der Waals surface area contributed by atoms with E-state index >= 15 is 0 Å². The number of hydrogen-bond acceptors (Lipinski definition) is 4. The van der Waals surface area contributed by atoms with Crippen LogP contribution in [0.2, 0.25) is 5.02 Å². The highest BCUT2D eigenvalue weighted by Gasteiger charge is 2.09. The van der Waals surface area contributed by atoms with Crippen LogP contribution < -0.4 is 14.8 Å². The van der Waals surface area contributed by atoms with Gasteiger partial charge >= 0.3 is 0 Å². The molecule has 0 saturated carbocycles. The predicted molar refractivity (Wildman–Crippen MR) is 83.3 cm³/mol. The van der Waals surface area contributed by atoms with Gasteiger partial charge in [-0.2, -0.15) is 5.26 Å². The molecule has 0 fully saturated rings. The maximum atomic E-state index is 11.9. The van der Waals surface area contributed by atoms with Crippen molar-refractivity contribution < 1.29 is 14.3 Å². The molecule has 6 heteroatoms. The summed E-state index contributed by atoms with van der Waals surface area (Å²) in [4.78, 5) is 11.9. The van der Waals surface area contributed by atoms with Crippen molar-refractivity contribution >= 4 is 23.2 Å². The molecule has 2 rings (SSSR count). The SMILES string of the molecule is COc1ccc(NC(=O)COc2ccccc2C#N)c(Cl)c1. The van der Waals surface area contributed by atoms with Gasteiger partial charge < -0.3 is 14.8 Å². The Balaban J connectivity index is 1.98. The van der Waals surface area contributed by atoms with E-state index in [2.05, 4.69) is 5.32 Å². The lowest BCUT2D eigenvalue weighted by Gasteiger charge is -2.10. The second-order valence-electron chi connectivity index (χ2n) is 4.29. The maximum absolute atomic E-state index is 11.9. The van der Waals surface area contributed by atoms with Crippen molar-refractivity contribution in [1.29, 1.82) is 5.26 Å². The number of anilines is 1. The third-order valence-corrected chi connectivity index (χ3v) is 3.13. The Labute approximate surface area is 133 Å². The largest absolute Gasteiger partial charge is 0.497 e. The number of nitrogens with zero attached hydrogens (tertiary/aromatic N) is 1. The average Bonchev–Trinajstić information content (AvgIpc) is 2.55. The van der Waals surface area contributed by atoms with Gasteiger partial charge in [0.1, 0.15) is 17.6 Å². The Bertz CT molecular complexity index is 726. The zero-order valence-corrected chi connectivity index (χ0v) is 12.6. The fourth-order valence-corrected chi connectivity index (χ4v) is 1.96. The molecule has 0 spiro atoms. The second-order valence-corrected chi connectivity index (χ2v) is 4.70. The first kappa shape index (κ1) is 15.7. The smallest absolute Gasteiger partial charge is 0.262 e. The van der Waals surface area contributed by atoms with E-state index in [0.29, 0.717) is 27.8 Å². The van der Waals surface area contributed by atoms with E-state index in [0.717, 1.165) is 0 Å². The molecule has 2 aromatic carbocycles. The molecule has 0 aliphatic rings. The van der Waals surface area contributed by atoms with E-state index in [-0.39, 0.29) is 12.5 Å². The normalized spacial score (nSPS) is 9.68. The molecule has 1 amide bonds. The molecule has 22 heavy (non-hydrogen) atoms. The first-order chi connectivity index (χ1) is 10.6. The number of methoxy groups -OCH3 is 1. The first-order valence-electron chi connectivity index (χ1n) is 6.39. The minimum Gasteiger partial charge on any atom is -0.497 e. The molecular formula is C16H13ClN2O3. The zero-order valence-electron chi connectivity index (χ0n) is 11.8. The third kappa shape index (κ3) is 3.90. The van der Waals surface area contributed by atoms with Gasteiger partial charge in [0.2, 0.25) is 0 Å². The molecule has 0 aliphatic heterocycles. The average molecular weight is 317 g/mol. The highest BCUT2D eigenvalue weighted by atomic mass is 35.5. The Hall–Kier alpha value is -2.71. The van der Waals surface area contributed by atoms with E-state index in [9.17, 15) is 4.79 Å². The van der Waals surface area contributed by atoms with Crippen LogP contribution in [-0.2, 0) is 4.79 Å². The summed E-state index contributed by atoms with van der Waals surface area (Å²) in [5.74, 6) is 0.586. The number of carbonyl (C=O) groups excluding carboxylic acids is 1. The molecule has 0 bridgehead atoms. The molecule has 5 nitrogen and oxygen atoms in total. The van der Waals surface area contributed by atoms with E-state index in [1.165, 1.54) is 7.11 Å².